The fourth-order valence-electron chi connectivity index (χ4n) is 1.83. The summed E-state index contributed by atoms with van der Waals surface area (Å²) in [5, 5.41) is 66.4. The molecule has 0 saturated heterocycles. The first-order chi connectivity index (χ1) is 14.1. The number of phosphoric ester groups is 2. The first-order valence-corrected chi connectivity index (χ1v) is 11.1. The maximum atomic E-state index is 11.8. The molecule has 0 spiro atoms. The molecule has 0 heterocycles. The zero-order valence-corrected chi connectivity index (χ0v) is 17.2. The molecule has 0 amide bonds. The maximum absolute atomic E-state index is 11.8. The second kappa shape index (κ2) is 13.1. The third-order valence-corrected chi connectivity index (χ3v) is 5.00. The minimum Gasteiger partial charge on any atom is -0.388 e. The van der Waals surface area contributed by atoms with Gasteiger partial charge in [0.2, 0.25) is 0 Å². The largest absolute Gasteiger partial charge is 0.473 e. The molecule has 0 rings (SSSR count). The normalized spacial score (nSPS) is 22.3. The molecule has 184 valence electrons. The van der Waals surface area contributed by atoms with Gasteiger partial charge in [0.1, 0.15) is 42.7 Å². The van der Waals surface area contributed by atoms with E-state index in [1.807, 2.05) is 0 Å². The highest BCUT2D eigenvalue weighted by Gasteiger charge is 2.39. The first-order valence-electron chi connectivity index (χ1n) is 8.09. The number of aliphatic hydroxyl groups is 7. The molecule has 0 aromatic rings. The van der Waals surface area contributed by atoms with E-state index in [9.17, 15) is 54.3 Å². The number of rotatable bonds is 16. The standard InChI is InChI=1S/C12H24O17P2/c13-1-5(15)9(18)10(19)7(17)4-28-31(25,26)29-8(2-14)12(21)11(20)6(16)3-27-30(22,23)24/h1-2,5-12,15-21H,3-4H2,(H,25,26)(H2,22,23,24)/t5-,6+,7+,8-,9+,10+,11+,12+/m0/s1. The summed E-state index contributed by atoms with van der Waals surface area (Å²) in [7, 11) is -10.4. The van der Waals surface area contributed by atoms with Crippen LogP contribution in [0.1, 0.15) is 0 Å². The summed E-state index contributed by atoms with van der Waals surface area (Å²) >= 11 is 0. The average Bonchev–Trinajstić information content (AvgIpc) is 2.70. The lowest BCUT2D eigenvalue weighted by Gasteiger charge is -2.28. The van der Waals surface area contributed by atoms with Crippen molar-refractivity contribution in [3.05, 3.63) is 0 Å². The van der Waals surface area contributed by atoms with Gasteiger partial charge in [0.15, 0.2) is 18.7 Å². The van der Waals surface area contributed by atoms with Crippen LogP contribution in [0.3, 0.4) is 0 Å². The minimum absolute atomic E-state index is 0.164. The lowest BCUT2D eigenvalue weighted by atomic mass is 10.0. The maximum Gasteiger partial charge on any atom is 0.473 e. The number of hydrogen-bond acceptors (Lipinski definition) is 14. The molecule has 19 heteroatoms. The molecular formula is C12H24O17P2. The van der Waals surface area contributed by atoms with Crippen molar-refractivity contribution in [1.82, 2.24) is 0 Å². The predicted octanol–water partition coefficient (Wildman–Crippen LogP) is -5.48. The summed E-state index contributed by atoms with van der Waals surface area (Å²) in [6.45, 7) is -2.46. The predicted molar refractivity (Wildman–Crippen MR) is 92.8 cm³/mol. The molecule has 0 aromatic heterocycles. The highest BCUT2D eigenvalue weighted by atomic mass is 31.2. The van der Waals surface area contributed by atoms with Gasteiger partial charge in [-0.2, -0.15) is 0 Å². The van der Waals surface area contributed by atoms with Crippen molar-refractivity contribution in [2.24, 2.45) is 0 Å². The third-order valence-electron chi connectivity index (χ3n) is 3.53. The Kier molecular flexibility index (Phi) is 12.8. The van der Waals surface area contributed by atoms with Crippen molar-refractivity contribution in [2.75, 3.05) is 13.2 Å². The summed E-state index contributed by atoms with van der Waals surface area (Å²) in [6.07, 6.45) is -18.5. The second-order valence-corrected chi connectivity index (χ2v) is 8.63. The summed E-state index contributed by atoms with van der Waals surface area (Å²) in [4.78, 5) is 47.9. The molecule has 10 N–H and O–H groups in total. The van der Waals surface area contributed by atoms with E-state index in [0.29, 0.717) is 0 Å². The zero-order valence-electron chi connectivity index (χ0n) is 15.4. The van der Waals surface area contributed by atoms with Gasteiger partial charge in [0, 0.05) is 0 Å². The van der Waals surface area contributed by atoms with E-state index in [1.54, 1.807) is 0 Å². The molecule has 31 heavy (non-hydrogen) atoms. The molecule has 0 radical (unpaired) electrons. The summed E-state index contributed by atoms with van der Waals surface area (Å²) < 4.78 is 34.8. The van der Waals surface area contributed by atoms with Crippen LogP contribution in [0.25, 0.3) is 0 Å². The van der Waals surface area contributed by atoms with Crippen molar-refractivity contribution in [1.29, 1.82) is 0 Å². The van der Waals surface area contributed by atoms with Crippen LogP contribution in [0.5, 0.6) is 0 Å². The Morgan fingerprint density at radius 1 is 0.677 bits per heavy atom. The second-order valence-electron chi connectivity index (χ2n) is 5.98. The van der Waals surface area contributed by atoms with Crippen molar-refractivity contribution in [2.45, 2.75) is 48.8 Å². The Bertz CT molecular complexity index is 653. The van der Waals surface area contributed by atoms with Crippen molar-refractivity contribution in [3.63, 3.8) is 0 Å². The van der Waals surface area contributed by atoms with Gasteiger partial charge in [-0.1, -0.05) is 0 Å². The van der Waals surface area contributed by atoms with Crippen molar-refractivity contribution in [3.8, 4) is 0 Å². The molecular weight excluding hydrogens is 478 g/mol. The number of hydrogen-bond donors (Lipinski definition) is 10. The molecule has 0 aromatic carbocycles. The average molecular weight is 502 g/mol. The Morgan fingerprint density at radius 2 is 1.13 bits per heavy atom. The lowest BCUT2D eigenvalue weighted by molar-refractivity contribution is -0.139. The molecule has 0 aliphatic rings. The van der Waals surface area contributed by atoms with Crippen LogP contribution in [0, 0.1) is 0 Å². The van der Waals surface area contributed by atoms with E-state index in [4.69, 9.17) is 14.9 Å². The Labute approximate surface area is 173 Å². The van der Waals surface area contributed by atoms with E-state index in [1.165, 1.54) is 0 Å². The minimum atomic E-state index is -5.31. The van der Waals surface area contributed by atoms with Gasteiger partial charge in [0.25, 0.3) is 0 Å². The SMILES string of the molecule is O=C[C@H](OP(=O)(O)OC[C@@H](O)[C@@H](O)[C@H](O)[C@@H](O)C=O)[C@@H](O)[C@H](O)[C@H](O)COP(=O)(O)O. The van der Waals surface area contributed by atoms with Gasteiger partial charge in [-0.05, 0) is 0 Å². The molecule has 0 aliphatic carbocycles. The number of carbonyl (C=O) groups is 2. The quantitative estimate of drug-likeness (QED) is 0.0695. The summed E-state index contributed by atoms with van der Waals surface area (Å²) in [5.74, 6) is 0. The lowest BCUT2D eigenvalue weighted by Crippen LogP contribution is -2.47. The third kappa shape index (κ3) is 11.1. The van der Waals surface area contributed by atoms with Crippen LogP contribution in [0.2, 0.25) is 0 Å². The number of carbonyl (C=O) groups excluding carboxylic acids is 2. The van der Waals surface area contributed by atoms with Crippen molar-refractivity contribution < 1.29 is 82.7 Å². The monoisotopic (exact) mass is 502 g/mol. The molecule has 17 nitrogen and oxygen atoms in total. The van der Waals surface area contributed by atoms with Crippen LogP contribution in [-0.4, -0.2) is 125 Å². The Hall–Kier alpha value is -0.720. The summed E-state index contributed by atoms with van der Waals surface area (Å²) in [6, 6.07) is 0. The van der Waals surface area contributed by atoms with Crippen LogP contribution in [0.15, 0.2) is 0 Å². The van der Waals surface area contributed by atoms with Gasteiger partial charge < -0.3 is 60.0 Å². The summed E-state index contributed by atoms with van der Waals surface area (Å²) in [5.41, 5.74) is 0. The van der Waals surface area contributed by atoms with E-state index < -0.39 is 77.7 Å². The van der Waals surface area contributed by atoms with E-state index in [-0.39, 0.29) is 12.6 Å². The van der Waals surface area contributed by atoms with E-state index >= 15 is 0 Å². The van der Waals surface area contributed by atoms with Crippen LogP contribution < -0.4 is 0 Å². The fourth-order valence-corrected chi connectivity index (χ4v) is 3.06. The molecule has 0 saturated carbocycles. The van der Waals surface area contributed by atoms with E-state index in [2.05, 4.69) is 13.6 Å². The molecule has 9 atom stereocenters. The molecule has 0 fully saturated rings. The zero-order chi connectivity index (χ0) is 24.6. The van der Waals surface area contributed by atoms with Gasteiger partial charge in [-0.3, -0.25) is 13.6 Å². The van der Waals surface area contributed by atoms with Gasteiger partial charge in [-0.25, -0.2) is 9.13 Å². The van der Waals surface area contributed by atoms with Crippen LogP contribution in [0.4, 0.5) is 0 Å². The van der Waals surface area contributed by atoms with Gasteiger partial charge >= 0.3 is 15.6 Å². The number of phosphoric acid groups is 2. The number of aldehydes is 2. The van der Waals surface area contributed by atoms with Crippen LogP contribution in [-0.2, 0) is 32.3 Å². The fraction of sp³-hybridized carbons (Fsp3) is 0.833. The van der Waals surface area contributed by atoms with Gasteiger partial charge in [-0.15, -0.1) is 0 Å². The smallest absolute Gasteiger partial charge is 0.388 e. The highest BCUT2D eigenvalue weighted by Crippen LogP contribution is 2.45. The van der Waals surface area contributed by atoms with Crippen LogP contribution >= 0.6 is 15.6 Å². The molecule has 0 aliphatic heterocycles. The molecule has 0 bridgehead atoms. The first kappa shape index (κ1) is 30.3. The Morgan fingerprint density at radius 3 is 1.55 bits per heavy atom. The topological polar surface area (TPSA) is 298 Å². The van der Waals surface area contributed by atoms with Gasteiger partial charge in [0.05, 0.1) is 13.2 Å². The highest BCUT2D eigenvalue weighted by molar-refractivity contribution is 7.47. The molecule has 1 unspecified atom stereocenters. The van der Waals surface area contributed by atoms with E-state index in [0.717, 1.165) is 0 Å². The van der Waals surface area contributed by atoms with Crippen molar-refractivity contribution >= 4 is 28.2 Å². The Balaban J connectivity index is 4.92. The number of aliphatic hydroxyl groups excluding tert-OH is 7.